The molecule has 0 radical (unpaired) electrons. The lowest BCUT2D eigenvalue weighted by molar-refractivity contribution is 0.0714. The number of carbonyl (C=O) groups excluding carboxylic acids is 1. The number of piperidine rings is 1. The molecule has 1 aliphatic rings. The molecule has 0 N–H and O–H groups in total. The molecule has 3 heterocycles. The molecule has 6 heteroatoms. The predicted octanol–water partition coefficient (Wildman–Crippen LogP) is 4.19. The van der Waals surface area contributed by atoms with Crippen molar-refractivity contribution >= 4 is 17.0 Å². The molecule has 3 aromatic rings. The normalized spacial score (nSPS) is 15.0. The zero-order chi connectivity index (χ0) is 17.4. The smallest absolute Gasteiger partial charge is 0.270 e. The Kier molecular flexibility index (Phi) is 4.03. The SMILES string of the molecule is O=C(c1cc2occc2n1Cc1ccc(F)c(F)c1)N1CCCCC1. The maximum absolute atomic E-state index is 13.5. The van der Waals surface area contributed by atoms with Gasteiger partial charge in [0.05, 0.1) is 11.8 Å². The van der Waals surface area contributed by atoms with Crippen LogP contribution < -0.4 is 0 Å². The zero-order valence-corrected chi connectivity index (χ0v) is 13.7. The maximum Gasteiger partial charge on any atom is 0.270 e. The lowest BCUT2D eigenvalue weighted by atomic mass is 10.1. The third-order valence-corrected chi connectivity index (χ3v) is 4.71. The summed E-state index contributed by atoms with van der Waals surface area (Å²) >= 11 is 0. The fraction of sp³-hybridized carbons (Fsp3) is 0.316. The number of furan rings is 1. The molecule has 0 saturated carbocycles. The number of amides is 1. The van der Waals surface area contributed by atoms with Crippen molar-refractivity contribution in [3.8, 4) is 0 Å². The lowest BCUT2D eigenvalue weighted by Crippen LogP contribution is -2.36. The summed E-state index contributed by atoms with van der Waals surface area (Å²) in [5.74, 6) is -1.82. The highest BCUT2D eigenvalue weighted by atomic mass is 19.2. The van der Waals surface area contributed by atoms with Gasteiger partial charge in [-0.15, -0.1) is 0 Å². The standard InChI is InChI=1S/C19H18F2N2O2/c20-14-5-4-13(10-15(14)21)12-23-16-6-9-25-18(16)11-17(23)19(24)22-7-2-1-3-8-22/h4-6,9-11H,1-3,7-8,12H2. The second kappa shape index (κ2) is 6.35. The van der Waals surface area contributed by atoms with Crippen LogP contribution in [0.2, 0.25) is 0 Å². The first-order valence-electron chi connectivity index (χ1n) is 8.43. The molecule has 0 aliphatic carbocycles. The Hall–Kier alpha value is -2.63. The first kappa shape index (κ1) is 15.9. The van der Waals surface area contributed by atoms with E-state index in [-0.39, 0.29) is 12.5 Å². The molecular formula is C19H18F2N2O2. The highest BCUT2D eigenvalue weighted by molar-refractivity contribution is 5.97. The molecule has 1 aliphatic heterocycles. The fourth-order valence-corrected chi connectivity index (χ4v) is 3.40. The molecule has 0 unspecified atom stereocenters. The molecule has 1 saturated heterocycles. The van der Waals surface area contributed by atoms with E-state index in [0.29, 0.717) is 16.8 Å². The average Bonchev–Trinajstić information content (AvgIpc) is 3.21. The Morgan fingerprint density at radius 2 is 1.84 bits per heavy atom. The van der Waals surface area contributed by atoms with E-state index < -0.39 is 11.6 Å². The summed E-state index contributed by atoms with van der Waals surface area (Å²) in [6.45, 7) is 1.77. The van der Waals surface area contributed by atoms with Crippen LogP contribution in [0.1, 0.15) is 35.3 Å². The van der Waals surface area contributed by atoms with E-state index in [2.05, 4.69) is 0 Å². The number of fused-ring (bicyclic) bond motifs is 1. The minimum absolute atomic E-state index is 0.0475. The van der Waals surface area contributed by atoms with Crippen molar-refractivity contribution < 1.29 is 18.0 Å². The van der Waals surface area contributed by atoms with Crippen molar-refractivity contribution in [2.24, 2.45) is 0 Å². The van der Waals surface area contributed by atoms with Crippen LogP contribution in [0.5, 0.6) is 0 Å². The molecule has 1 fully saturated rings. The topological polar surface area (TPSA) is 38.4 Å². The fourth-order valence-electron chi connectivity index (χ4n) is 3.40. The molecule has 0 spiro atoms. The summed E-state index contributed by atoms with van der Waals surface area (Å²) in [5, 5.41) is 0. The molecule has 4 rings (SSSR count). The van der Waals surface area contributed by atoms with Crippen LogP contribution in [0.25, 0.3) is 11.1 Å². The number of rotatable bonds is 3. The molecule has 4 nitrogen and oxygen atoms in total. The monoisotopic (exact) mass is 344 g/mol. The first-order valence-corrected chi connectivity index (χ1v) is 8.43. The summed E-state index contributed by atoms with van der Waals surface area (Å²) in [6.07, 6.45) is 4.71. The summed E-state index contributed by atoms with van der Waals surface area (Å²) in [5.41, 5.74) is 2.49. The second-order valence-electron chi connectivity index (χ2n) is 6.39. The van der Waals surface area contributed by atoms with E-state index in [4.69, 9.17) is 4.42 Å². The van der Waals surface area contributed by atoms with Crippen LogP contribution in [-0.2, 0) is 6.54 Å². The highest BCUT2D eigenvalue weighted by Gasteiger charge is 2.24. The Morgan fingerprint density at radius 3 is 2.60 bits per heavy atom. The highest BCUT2D eigenvalue weighted by Crippen LogP contribution is 2.25. The van der Waals surface area contributed by atoms with E-state index in [1.165, 1.54) is 6.07 Å². The number of nitrogens with zero attached hydrogens (tertiary/aromatic N) is 2. The molecule has 0 atom stereocenters. The van der Waals surface area contributed by atoms with Gasteiger partial charge in [0.15, 0.2) is 17.2 Å². The maximum atomic E-state index is 13.5. The number of carbonyl (C=O) groups is 1. The number of hydrogen-bond donors (Lipinski definition) is 0. The van der Waals surface area contributed by atoms with Crippen LogP contribution in [0.4, 0.5) is 8.78 Å². The van der Waals surface area contributed by atoms with Crippen molar-refractivity contribution in [1.29, 1.82) is 0 Å². The van der Waals surface area contributed by atoms with Gasteiger partial charge in [0, 0.05) is 31.8 Å². The van der Waals surface area contributed by atoms with Crippen LogP contribution in [0.3, 0.4) is 0 Å². The van der Waals surface area contributed by atoms with Gasteiger partial charge >= 0.3 is 0 Å². The van der Waals surface area contributed by atoms with Crippen molar-refractivity contribution in [2.45, 2.75) is 25.8 Å². The average molecular weight is 344 g/mol. The number of benzene rings is 1. The number of likely N-dealkylation sites (tertiary alicyclic amines) is 1. The lowest BCUT2D eigenvalue weighted by Gasteiger charge is -2.27. The Balaban J connectivity index is 1.72. The molecule has 25 heavy (non-hydrogen) atoms. The van der Waals surface area contributed by atoms with Gasteiger partial charge in [-0.05, 0) is 37.0 Å². The molecule has 0 bridgehead atoms. The summed E-state index contributed by atoms with van der Waals surface area (Å²) in [6, 6.07) is 7.30. The van der Waals surface area contributed by atoms with Gasteiger partial charge in [0.2, 0.25) is 0 Å². The number of halogens is 2. The van der Waals surface area contributed by atoms with E-state index in [9.17, 15) is 13.6 Å². The first-order chi connectivity index (χ1) is 12.1. The van der Waals surface area contributed by atoms with E-state index in [1.807, 2.05) is 9.47 Å². The van der Waals surface area contributed by atoms with Crippen molar-refractivity contribution in [2.75, 3.05) is 13.1 Å². The largest absolute Gasteiger partial charge is 0.463 e. The van der Waals surface area contributed by atoms with Gasteiger partial charge in [-0.3, -0.25) is 4.79 Å². The van der Waals surface area contributed by atoms with E-state index in [0.717, 1.165) is 50.0 Å². The summed E-state index contributed by atoms with van der Waals surface area (Å²) < 4.78 is 33.9. The summed E-state index contributed by atoms with van der Waals surface area (Å²) in [7, 11) is 0. The van der Waals surface area contributed by atoms with Crippen molar-refractivity contribution in [3.63, 3.8) is 0 Å². The minimum atomic E-state index is -0.892. The van der Waals surface area contributed by atoms with E-state index >= 15 is 0 Å². The second-order valence-corrected chi connectivity index (χ2v) is 6.39. The third kappa shape index (κ3) is 2.92. The van der Waals surface area contributed by atoms with Crippen molar-refractivity contribution in [1.82, 2.24) is 9.47 Å². The molecule has 1 amide bonds. The number of hydrogen-bond acceptors (Lipinski definition) is 2. The van der Waals surface area contributed by atoms with Gasteiger partial charge in [0.1, 0.15) is 5.69 Å². The Bertz CT molecular complexity index is 923. The third-order valence-electron chi connectivity index (χ3n) is 4.71. The quantitative estimate of drug-likeness (QED) is 0.715. The molecular weight excluding hydrogens is 326 g/mol. The predicted molar refractivity (Wildman–Crippen MR) is 89.4 cm³/mol. The molecule has 2 aromatic heterocycles. The van der Waals surface area contributed by atoms with Crippen LogP contribution in [0, 0.1) is 11.6 Å². The van der Waals surface area contributed by atoms with E-state index in [1.54, 1.807) is 18.4 Å². The summed E-state index contributed by atoms with van der Waals surface area (Å²) in [4.78, 5) is 14.8. The van der Waals surface area contributed by atoms with Gasteiger partial charge in [0.25, 0.3) is 5.91 Å². The molecule has 1 aromatic carbocycles. The Labute approximate surface area is 143 Å². The van der Waals surface area contributed by atoms with Crippen LogP contribution in [0.15, 0.2) is 41.0 Å². The molecule has 130 valence electrons. The minimum Gasteiger partial charge on any atom is -0.463 e. The van der Waals surface area contributed by atoms with Crippen LogP contribution in [-0.4, -0.2) is 28.5 Å². The Morgan fingerprint density at radius 1 is 1.04 bits per heavy atom. The van der Waals surface area contributed by atoms with Gasteiger partial charge in [-0.25, -0.2) is 8.78 Å². The van der Waals surface area contributed by atoms with Crippen LogP contribution >= 0.6 is 0 Å². The zero-order valence-electron chi connectivity index (χ0n) is 13.7. The van der Waals surface area contributed by atoms with Gasteiger partial charge in [-0.2, -0.15) is 0 Å². The number of aromatic nitrogens is 1. The van der Waals surface area contributed by atoms with Crippen molar-refractivity contribution in [3.05, 3.63) is 59.5 Å². The van der Waals surface area contributed by atoms with Gasteiger partial charge < -0.3 is 13.9 Å². The van der Waals surface area contributed by atoms with Gasteiger partial charge in [-0.1, -0.05) is 6.07 Å².